The number of Topliss-reactive ketones (excluding diaryl/α,β-unsaturated/α-hetero) is 1. The summed E-state index contributed by atoms with van der Waals surface area (Å²) in [6.07, 6.45) is 5.06. The smallest absolute Gasteiger partial charge is 0.331 e. The van der Waals surface area contributed by atoms with Gasteiger partial charge < -0.3 is 14.6 Å². The van der Waals surface area contributed by atoms with E-state index in [0.29, 0.717) is 0 Å². The van der Waals surface area contributed by atoms with Crippen molar-refractivity contribution < 1.29 is 29.0 Å². The fourth-order valence-corrected chi connectivity index (χ4v) is 6.19. The second-order valence-corrected chi connectivity index (χ2v) is 10.6. The first-order valence-electron chi connectivity index (χ1n) is 12.5. The number of allylic oxidation sites excluding steroid dienone is 1. The van der Waals surface area contributed by atoms with Crippen molar-refractivity contribution in [2.24, 2.45) is 22.7 Å². The van der Waals surface area contributed by atoms with Crippen LogP contribution in [0.4, 0.5) is 0 Å². The molecule has 0 aliphatic heterocycles. The lowest BCUT2D eigenvalue weighted by Crippen LogP contribution is -2.64. The average Bonchev–Trinajstić information content (AvgIpc) is 2.86. The number of hydrogen-bond acceptors (Lipinski definition) is 6. The van der Waals surface area contributed by atoms with Crippen molar-refractivity contribution in [3.05, 3.63) is 65.8 Å². The fourth-order valence-electron chi connectivity index (χ4n) is 6.19. The summed E-state index contributed by atoms with van der Waals surface area (Å²) in [4.78, 5) is 37.8. The van der Waals surface area contributed by atoms with Gasteiger partial charge in [-0.1, -0.05) is 69.3 Å². The lowest BCUT2D eigenvalue weighted by Gasteiger charge is -2.61. The highest BCUT2D eigenvalue weighted by molar-refractivity contribution is 5.99. The molecule has 0 heterocycles. The van der Waals surface area contributed by atoms with E-state index in [2.05, 4.69) is 12.7 Å². The van der Waals surface area contributed by atoms with Gasteiger partial charge in [0, 0.05) is 23.8 Å². The van der Waals surface area contributed by atoms with Crippen molar-refractivity contribution in [3.8, 4) is 0 Å². The first-order valence-corrected chi connectivity index (χ1v) is 12.5. The van der Waals surface area contributed by atoms with Crippen LogP contribution in [-0.4, -0.2) is 42.1 Å². The monoisotopic (exact) mass is 494 g/mol. The quantitative estimate of drug-likeness (QED) is 0.308. The number of aliphatic hydroxyl groups is 1. The van der Waals surface area contributed by atoms with E-state index in [0.717, 1.165) is 24.0 Å². The molecule has 0 spiro atoms. The van der Waals surface area contributed by atoms with Crippen molar-refractivity contribution in [2.45, 2.75) is 65.6 Å². The van der Waals surface area contributed by atoms with Crippen molar-refractivity contribution in [3.63, 3.8) is 0 Å². The van der Waals surface area contributed by atoms with Crippen LogP contribution in [0.15, 0.2) is 60.2 Å². The van der Waals surface area contributed by atoms with Crippen molar-refractivity contribution in [1.29, 1.82) is 0 Å². The first kappa shape index (κ1) is 27.6. The summed E-state index contributed by atoms with van der Waals surface area (Å²) >= 11 is 0. The van der Waals surface area contributed by atoms with Gasteiger partial charge in [0.1, 0.15) is 12.2 Å². The molecule has 1 aromatic carbocycles. The van der Waals surface area contributed by atoms with Gasteiger partial charge in [-0.25, -0.2) is 4.79 Å². The molecule has 194 valence electrons. The number of rotatable bonds is 8. The summed E-state index contributed by atoms with van der Waals surface area (Å²) in [5, 5.41) is 11.6. The lowest BCUT2D eigenvalue weighted by molar-refractivity contribution is -0.207. The summed E-state index contributed by atoms with van der Waals surface area (Å²) in [6.45, 7) is 11.8. The normalized spacial score (nSPS) is 31.8. The Morgan fingerprint density at radius 2 is 1.86 bits per heavy atom. The molecule has 1 N–H and O–H groups in total. The highest BCUT2D eigenvalue weighted by Gasteiger charge is 2.62. The van der Waals surface area contributed by atoms with Crippen LogP contribution >= 0.6 is 0 Å². The van der Waals surface area contributed by atoms with Crippen LogP contribution in [0.5, 0.6) is 0 Å². The summed E-state index contributed by atoms with van der Waals surface area (Å²) in [6, 6.07) is 9.43. The molecular formula is C30H38O6. The van der Waals surface area contributed by atoms with Gasteiger partial charge in [0.15, 0.2) is 5.78 Å². The molecule has 0 radical (unpaired) electrons. The largest absolute Gasteiger partial charge is 0.469 e. The predicted molar refractivity (Wildman–Crippen MR) is 139 cm³/mol. The summed E-state index contributed by atoms with van der Waals surface area (Å²) in [5.74, 6) is -1.61. The fraction of sp³-hybridized carbons (Fsp3) is 0.500. The van der Waals surface area contributed by atoms with E-state index in [9.17, 15) is 19.5 Å². The maximum atomic E-state index is 13.2. The van der Waals surface area contributed by atoms with Gasteiger partial charge in [-0.15, -0.1) is 0 Å². The Morgan fingerprint density at radius 1 is 1.19 bits per heavy atom. The molecule has 36 heavy (non-hydrogen) atoms. The molecule has 6 atom stereocenters. The van der Waals surface area contributed by atoms with Crippen LogP contribution in [0.1, 0.15) is 58.9 Å². The second kappa shape index (κ2) is 11.0. The average molecular weight is 495 g/mol. The number of ketones is 1. The molecule has 6 nitrogen and oxygen atoms in total. The Bertz CT molecular complexity index is 1070. The SMILES string of the molecule is C=C(CC(=O)OC)C(=O)C[C@@]1(C)[C@H](C)[C@@H](OC(=O)C=Cc2ccccc2)[C@H](O)[C@@]2(C)C(C)=CCC[C@H]12. The number of benzene rings is 1. The third-order valence-electron chi connectivity index (χ3n) is 8.72. The molecule has 1 aromatic rings. The van der Waals surface area contributed by atoms with E-state index in [1.165, 1.54) is 13.2 Å². The molecule has 0 saturated heterocycles. The van der Waals surface area contributed by atoms with E-state index in [-0.39, 0.29) is 36.0 Å². The number of methoxy groups -OCH3 is 1. The van der Waals surface area contributed by atoms with Crippen LogP contribution in [0, 0.1) is 22.7 Å². The Kier molecular flexibility index (Phi) is 8.40. The third-order valence-corrected chi connectivity index (χ3v) is 8.72. The summed E-state index contributed by atoms with van der Waals surface area (Å²) in [5.41, 5.74) is 0.826. The second-order valence-electron chi connectivity index (χ2n) is 10.6. The van der Waals surface area contributed by atoms with Gasteiger partial charge in [-0.3, -0.25) is 9.59 Å². The maximum Gasteiger partial charge on any atom is 0.331 e. The van der Waals surface area contributed by atoms with E-state index in [4.69, 9.17) is 9.47 Å². The van der Waals surface area contributed by atoms with E-state index in [1.54, 1.807) is 6.08 Å². The van der Waals surface area contributed by atoms with Gasteiger partial charge >= 0.3 is 11.9 Å². The van der Waals surface area contributed by atoms with Crippen LogP contribution in [-0.2, 0) is 23.9 Å². The molecule has 6 heteroatoms. The maximum absolute atomic E-state index is 13.2. The lowest BCUT2D eigenvalue weighted by atomic mass is 9.45. The minimum Gasteiger partial charge on any atom is -0.469 e. The zero-order valence-electron chi connectivity index (χ0n) is 22.0. The standard InChI is InChI=1S/C30H38O6/c1-19(17-26(33)35-6)23(31)18-29(4)21(3)27(28(34)30(5)20(2)11-10-14-24(29)30)36-25(32)16-15-22-12-8-7-9-13-22/h7-9,11-13,15-16,21,24,27-28,34H,1,10,14,17-18H2,2-6H3/t21-,24-,27-,28+,29+,30+/m1/s1. The molecule has 0 amide bonds. The molecule has 0 unspecified atom stereocenters. The van der Waals surface area contributed by atoms with E-state index >= 15 is 0 Å². The minimum absolute atomic E-state index is 0.0234. The zero-order valence-corrected chi connectivity index (χ0v) is 22.0. The molecule has 2 aliphatic carbocycles. The van der Waals surface area contributed by atoms with Crippen LogP contribution in [0.2, 0.25) is 0 Å². The summed E-state index contributed by atoms with van der Waals surface area (Å²) in [7, 11) is 1.28. The Morgan fingerprint density at radius 3 is 2.50 bits per heavy atom. The van der Waals surface area contributed by atoms with Gasteiger partial charge in [0.2, 0.25) is 0 Å². The van der Waals surface area contributed by atoms with Crippen molar-refractivity contribution >= 4 is 23.8 Å². The summed E-state index contributed by atoms with van der Waals surface area (Å²) < 4.78 is 10.6. The van der Waals surface area contributed by atoms with Gasteiger partial charge in [-0.05, 0) is 48.3 Å². The Hall–Kier alpha value is -2.99. The molecule has 0 bridgehead atoms. The number of carbonyl (C=O) groups excluding carboxylic acids is 3. The number of fused-ring (bicyclic) bond motifs is 1. The van der Waals surface area contributed by atoms with Crippen molar-refractivity contribution in [1.82, 2.24) is 0 Å². The number of ether oxygens (including phenoxy) is 2. The first-order chi connectivity index (χ1) is 16.9. The van der Waals surface area contributed by atoms with Crippen LogP contribution in [0.25, 0.3) is 6.08 Å². The molecule has 3 rings (SSSR count). The number of carbonyl (C=O) groups is 3. The van der Waals surface area contributed by atoms with E-state index in [1.807, 2.05) is 58.0 Å². The van der Waals surface area contributed by atoms with E-state index < -0.39 is 35.0 Å². The number of esters is 2. The topological polar surface area (TPSA) is 89.9 Å². The highest BCUT2D eigenvalue weighted by atomic mass is 16.6. The molecule has 2 aliphatic rings. The van der Waals surface area contributed by atoms with Gasteiger partial charge in [-0.2, -0.15) is 0 Å². The molecule has 1 fully saturated rings. The van der Waals surface area contributed by atoms with Crippen molar-refractivity contribution in [2.75, 3.05) is 7.11 Å². The molecule has 0 aromatic heterocycles. The van der Waals surface area contributed by atoms with Crippen LogP contribution in [0.3, 0.4) is 0 Å². The predicted octanol–water partition coefficient (Wildman–Crippen LogP) is 5.07. The minimum atomic E-state index is -0.926. The van der Waals surface area contributed by atoms with Gasteiger partial charge in [0.25, 0.3) is 0 Å². The molecular weight excluding hydrogens is 456 g/mol. The van der Waals surface area contributed by atoms with Crippen LogP contribution < -0.4 is 0 Å². The Labute approximate surface area is 214 Å². The van der Waals surface area contributed by atoms with Gasteiger partial charge in [0.05, 0.1) is 13.5 Å². The number of aliphatic hydroxyl groups excluding tert-OH is 1. The zero-order chi connectivity index (χ0) is 26.7. The number of hydrogen-bond donors (Lipinski definition) is 1. The third kappa shape index (κ3) is 5.24. The highest BCUT2D eigenvalue weighted by Crippen LogP contribution is 2.62. The molecule has 1 saturated carbocycles. The Balaban J connectivity index is 1.92.